The number of nitrogens with one attached hydrogen (secondary N) is 2. The summed E-state index contributed by atoms with van der Waals surface area (Å²) in [5, 5.41) is 2.86. The summed E-state index contributed by atoms with van der Waals surface area (Å²) in [5.74, 6) is -3.21. The van der Waals surface area contributed by atoms with Gasteiger partial charge in [-0.15, -0.1) is 0 Å². The van der Waals surface area contributed by atoms with Gasteiger partial charge in [-0.1, -0.05) is 30.3 Å². The minimum atomic E-state index is -3.65. The lowest BCUT2D eigenvalue weighted by atomic mass is 9.96. The molecule has 1 aliphatic rings. The highest BCUT2D eigenvalue weighted by atomic mass is 32.2. The summed E-state index contributed by atoms with van der Waals surface area (Å²) in [6, 6.07) is 6.03. The van der Waals surface area contributed by atoms with E-state index in [4.69, 9.17) is 0 Å². The van der Waals surface area contributed by atoms with Gasteiger partial charge in [-0.2, -0.15) is 0 Å². The lowest BCUT2D eigenvalue weighted by Gasteiger charge is -2.22. The fourth-order valence-corrected chi connectivity index (χ4v) is 4.20. The van der Waals surface area contributed by atoms with Crippen LogP contribution in [0.25, 0.3) is 11.1 Å². The Morgan fingerprint density at radius 3 is 2.39 bits per heavy atom. The van der Waals surface area contributed by atoms with E-state index in [-0.39, 0.29) is 35.4 Å². The maximum absolute atomic E-state index is 15.0. The third-order valence-electron chi connectivity index (χ3n) is 4.85. The molecule has 1 aliphatic heterocycles. The molecule has 4 nitrogen and oxygen atoms in total. The first-order valence-electron chi connectivity index (χ1n) is 8.82. The van der Waals surface area contributed by atoms with E-state index in [1.54, 1.807) is 0 Å². The molecule has 0 aliphatic carbocycles. The molecule has 1 saturated heterocycles. The van der Waals surface area contributed by atoms with Crippen molar-refractivity contribution < 1.29 is 26.0 Å². The van der Waals surface area contributed by atoms with Crippen LogP contribution in [-0.4, -0.2) is 39.0 Å². The number of sulfonamides is 1. The van der Waals surface area contributed by atoms with Gasteiger partial charge in [-0.05, 0) is 25.0 Å². The first-order chi connectivity index (χ1) is 13.2. The van der Waals surface area contributed by atoms with Gasteiger partial charge in [0.1, 0.15) is 12.0 Å². The Morgan fingerprint density at radius 1 is 1.07 bits per heavy atom. The van der Waals surface area contributed by atoms with Gasteiger partial charge in [0, 0.05) is 23.7 Å². The van der Waals surface area contributed by atoms with Crippen molar-refractivity contribution in [3.8, 4) is 11.1 Å². The second-order valence-electron chi connectivity index (χ2n) is 6.66. The van der Waals surface area contributed by atoms with Crippen molar-refractivity contribution in [2.24, 2.45) is 0 Å². The van der Waals surface area contributed by atoms with Gasteiger partial charge < -0.3 is 5.32 Å². The lowest BCUT2D eigenvalue weighted by molar-refractivity contribution is 0.304. The fraction of sp³-hybridized carbons (Fsp3) is 0.368. The van der Waals surface area contributed by atoms with Gasteiger partial charge in [-0.25, -0.2) is 30.7 Å². The van der Waals surface area contributed by atoms with Crippen LogP contribution in [0.4, 0.5) is 17.6 Å². The van der Waals surface area contributed by atoms with Crippen LogP contribution in [0, 0.1) is 17.5 Å². The van der Waals surface area contributed by atoms with Crippen LogP contribution in [0.3, 0.4) is 0 Å². The number of rotatable bonds is 6. The maximum atomic E-state index is 15.0. The number of hydrogen-bond donors (Lipinski definition) is 2. The summed E-state index contributed by atoms with van der Waals surface area (Å²) >= 11 is 0. The largest absolute Gasteiger partial charge is 0.309 e. The zero-order valence-corrected chi connectivity index (χ0v) is 15.9. The van der Waals surface area contributed by atoms with E-state index >= 15 is 4.39 Å². The number of benzene rings is 2. The topological polar surface area (TPSA) is 58.2 Å². The molecule has 0 bridgehead atoms. The van der Waals surface area contributed by atoms with Gasteiger partial charge in [0.05, 0.1) is 11.8 Å². The van der Waals surface area contributed by atoms with Crippen LogP contribution in [0.2, 0.25) is 0 Å². The summed E-state index contributed by atoms with van der Waals surface area (Å²) in [5.41, 5.74) is -0.186. The molecule has 0 amide bonds. The Labute approximate surface area is 161 Å². The minimum absolute atomic E-state index is 0.0199. The van der Waals surface area contributed by atoms with Crippen molar-refractivity contribution in [3.05, 3.63) is 59.4 Å². The Balaban J connectivity index is 1.90. The molecule has 0 spiro atoms. The Hall–Kier alpha value is -1.97. The molecule has 28 heavy (non-hydrogen) atoms. The summed E-state index contributed by atoms with van der Waals surface area (Å²) < 4.78 is 82.7. The van der Waals surface area contributed by atoms with Crippen LogP contribution < -0.4 is 10.0 Å². The molecule has 1 heterocycles. The van der Waals surface area contributed by atoms with E-state index in [1.165, 1.54) is 37.3 Å². The monoisotopic (exact) mass is 416 g/mol. The van der Waals surface area contributed by atoms with Crippen LogP contribution in [-0.2, 0) is 16.4 Å². The van der Waals surface area contributed by atoms with Crippen molar-refractivity contribution in [3.63, 3.8) is 0 Å². The highest BCUT2D eigenvalue weighted by Crippen LogP contribution is 2.29. The molecule has 0 aromatic heterocycles. The molecule has 3 atom stereocenters. The van der Waals surface area contributed by atoms with E-state index in [9.17, 15) is 21.6 Å². The van der Waals surface area contributed by atoms with Crippen molar-refractivity contribution in [1.29, 1.82) is 0 Å². The molecule has 9 heteroatoms. The van der Waals surface area contributed by atoms with E-state index in [0.717, 1.165) is 6.07 Å². The highest BCUT2D eigenvalue weighted by molar-refractivity contribution is 7.89. The van der Waals surface area contributed by atoms with Crippen molar-refractivity contribution >= 4 is 10.0 Å². The van der Waals surface area contributed by atoms with E-state index in [2.05, 4.69) is 10.0 Å². The molecule has 0 saturated carbocycles. The molecule has 2 aromatic rings. The third-order valence-corrected chi connectivity index (χ3v) is 6.25. The van der Waals surface area contributed by atoms with Gasteiger partial charge in [0.15, 0.2) is 11.6 Å². The zero-order valence-electron chi connectivity index (χ0n) is 15.1. The predicted octanol–water partition coefficient (Wildman–Crippen LogP) is 2.93. The lowest BCUT2D eigenvalue weighted by Crippen LogP contribution is -2.48. The SMILES string of the molecule is CCS(=O)(=O)N[C@@H]1[C@H](Cc2cccc(-c3cccc(F)c3F)c2F)NC[C@@H]1F. The first-order valence-corrected chi connectivity index (χ1v) is 10.5. The average molecular weight is 416 g/mol. The van der Waals surface area contributed by atoms with Gasteiger partial charge >= 0.3 is 0 Å². The smallest absolute Gasteiger partial charge is 0.211 e. The summed E-state index contributed by atoms with van der Waals surface area (Å²) in [7, 11) is -3.65. The first kappa shape index (κ1) is 20.8. The van der Waals surface area contributed by atoms with Gasteiger partial charge in [0.2, 0.25) is 10.0 Å². The molecule has 3 rings (SSSR count). The summed E-state index contributed by atoms with van der Waals surface area (Å²) in [6.07, 6.45) is -1.48. The van der Waals surface area contributed by atoms with Crippen LogP contribution >= 0.6 is 0 Å². The fourth-order valence-electron chi connectivity index (χ4n) is 3.31. The molecular formula is C19H20F4N2O2S. The number of alkyl halides is 1. The molecule has 0 unspecified atom stereocenters. The molecular weight excluding hydrogens is 396 g/mol. The normalized spacial score (nSPS) is 22.5. The highest BCUT2D eigenvalue weighted by Gasteiger charge is 2.38. The summed E-state index contributed by atoms with van der Waals surface area (Å²) in [6.45, 7) is 1.37. The van der Waals surface area contributed by atoms with Gasteiger partial charge in [0.25, 0.3) is 0 Å². The maximum Gasteiger partial charge on any atom is 0.211 e. The minimum Gasteiger partial charge on any atom is -0.309 e. The van der Waals surface area contributed by atoms with Crippen LogP contribution in [0.15, 0.2) is 36.4 Å². The summed E-state index contributed by atoms with van der Waals surface area (Å²) in [4.78, 5) is 0. The van der Waals surface area contributed by atoms with Crippen LogP contribution in [0.1, 0.15) is 12.5 Å². The number of hydrogen-bond acceptors (Lipinski definition) is 3. The van der Waals surface area contributed by atoms with E-state index in [0.29, 0.717) is 0 Å². The van der Waals surface area contributed by atoms with Crippen molar-refractivity contribution in [2.75, 3.05) is 12.3 Å². The van der Waals surface area contributed by atoms with Gasteiger partial charge in [-0.3, -0.25) is 0 Å². The zero-order chi connectivity index (χ0) is 20.5. The molecule has 2 aromatic carbocycles. The average Bonchev–Trinajstić information content (AvgIpc) is 2.99. The van der Waals surface area contributed by atoms with Crippen molar-refractivity contribution in [2.45, 2.75) is 31.6 Å². The molecule has 2 N–H and O–H groups in total. The van der Waals surface area contributed by atoms with Crippen molar-refractivity contribution in [1.82, 2.24) is 10.0 Å². The van der Waals surface area contributed by atoms with E-state index < -0.39 is 45.7 Å². The molecule has 0 radical (unpaired) electrons. The standard InChI is InChI=1S/C19H20F4N2O2S/c1-2-28(26,27)25-19-15(21)10-24-16(19)9-11-5-3-6-12(17(11)22)13-7-4-8-14(20)18(13)23/h3-8,15-16,19,24-25H,2,9-10H2,1H3/t15-,16-,19-/m0/s1. The quantitative estimate of drug-likeness (QED) is 0.712. The Morgan fingerprint density at radius 2 is 1.71 bits per heavy atom. The predicted molar refractivity (Wildman–Crippen MR) is 98.5 cm³/mol. The Bertz CT molecular complexity index is 968. The number of halogens is 4. The Kier molecular flexibility index (Phi) is 6.07. The molecule has 1 fully saturated rings. The second kappa shape index (κ2) is 8.18. The van der Waals surface area contributed by atoms with Crippen LogP contribution in [0.5, 0.6) is 0 Å². The second-order valence-corrected chi connectivity index (χ2v) is 8.70. The third kappa shape index (κ3) is 4.21. The molecule has 152 valence electrons. The van der Waals surface area contributed by atoms with E-state index in [1.807, 2.05) is 0 Å².